The molecule has 1 aliphatic heterocycles. The zero-order chi connectivity index (χ0) is 13.2. The zero-order valence-corrected chi connectivity index (χ0v) is 12.2. The van der Waals surface area contributed by atoms with Crippen molar-refractivity contribution in [1.29, 1.82) is 0 Å². The van der Waals surface area contributed by atoms with Gasteiger partial charge in [0.1, 0.15) is 0 Å². The number of rotatable bonds is 4. The Morgan fingerprint density at radius 2 is 2.28 bits per heavy atom. The molecule has 0 saturated carbocycles. The summed E-state index contributed by atoms with van der Waals surface area (Å²) >= 11 is 3.45. The molecule has 18 heavy (non-hydrogen) atoms. The summed E-state index contributed by atoms with van der Waals surface area (Å²) in [6, 6.07) is 8.10. The lowest BCUT2D eigenvalue weighted by atomic mass is 10.1. The fourth-order valence-electron chi connectivity index (χ4n) is 2.14. The quantitative estimate of drug-likeness (QED) is 0.865. The minimum Gasteiger partial charge on any atom is -0.371 e. The van der Waals surface area contributed by atoms with E-state index in [9.17, 15) is 8.42 Å². The van der Waals surface area contributed by atoms with Crippen LogP contribution in [0.15, 0.2) is 28.7 Å². The Morgan fingerprint density at radius 3 is 2.94 bits per heavy atom. The van der Waals surface area contributed by atoms with Crippen molar-refractivity contribution in [2.24, 2.45) is 11.1 Å². The molecule has 7 heteroatoms. The van der Waals surface area contributed by atoms with Gasteiger partial charge in [-0.3, -0.25) is 0 Å². The predicted molar refractivity (Wildman–Crippen MR) is 75.6 cm³/mol. The second-order valence-electron chi connectivity index (χ2n) is 4.47. The smallest absolute Gasteiger partial charge is 0.274 e. The molecule has 1 aromatic carbocycles. The fourth-order valence-corrected chi connectivity index (χ4v) is 3.00. The summed E-state index contributed by atoms with van der Waals surface area (Å²) in [4.78, 5) is 2.25. The van der Waals surface area contributed by atoms with E-state index < -0.39 is 10.2 Å². The maximum Gasteiger partial charge on any atom is 0.274 e. The number of hydrogen-bond acceptors (Lipinski definition) is 3. The summed E-state index contributed by atoms with van der Waals surface area (Å²) in [6.45, 7) is 2.19. The van der Waals surface area contributed by atoms with Crippen molar-refractivity contribution in [3.63, 3.8) is 0 Å². The van der Waals surface area contributed by atoms with Crippen LogP contribution in [0.2, 0.25) is 0 Å². The molecule has 1 saturated heterocycles. The van der Waals surface area contributed by atoms with Crippen LogP contribution in [0.3, 0.4) is 0 Å². The van der Waals surface area contributed by atoms with Gasteiger partial charge in [-0.05, 0) is 30.5 Å². The van der Waals surface area contributed by atoms with Crippen molar-refractivity contribution < 1.29 is 8.42 Å². The molecule has 1 aliphatic rings. The highest BCUT2D eigenvalue weighted by molar-refractivity contribution is 9.10. The Hall–Kier alpha value is -0.630. The van der Waals surface area contributed by atoms with Gasteiger partial charge in [0.05, 0.1) is 0 Å². The average Bonchev–Trinajstić information content (AvgIpc) is 2.74. The van der Waals surface area contributed by atoms with E-state index in [4.69, 9.17) is 5.14 Å². The van der Waals surface area contributed by atoms with Crippen molar-refractivity contribution >= 4 is 31.8 Å². The topological polar surface area (TPSA) is 75.4 Å². The van der Waals surface area contributed by atoms with Crippen LogP contribution < -0.4 is 14.8 Å². The van der Waals surface area contributed by atoms with E-state index in [0.717, 1.165) is 29.7 Å². The third-order valence-electron chi connectivity index (χ3n) is 3.03. The van der Waals surface area contributed by atoms with Crippen molar-refractivity contribution in [3.05, 3.63) is 28.7 Å². The van der Waals surface area contributed by atoms with Gasteiger partial charge in [0.15, 0.2) is 0 Å². The normalized spacial score (nSPS) is 20.3. The van der Waals surface area contributed by atoms with Gasteiger partial charge in [-0.25, -0.2) is 9.86 Å². The minimum absolute atomic E-state index is 0.308. The van der Waals surface area contributed by atoms with Crippen LogP contribution in [0.4, 0.5) is 5.69 Å². The first-order valence-corrected chi connectivity index (χ1v) is 8.06. The van der Waals surface area contributed by atoms with Crippen LogP contribution >= 0.6 is 15.9 Å². The number of nitrogens with zero attached hydrogens (tertiary/aromatic N) is 1. The van der Waals surface area contributed by atoms with Crippen LogP contribution in [-0.4, -0.2) is 28.1 Å². The molecule has 0 unspecified atom stereocenters. The van der Waals surface area contributed by atoms with E-state index in [2.05, 4.69) is 37.7 Å². The maximum absolute atomic E-state index is 10.8. The van der Waals surface area contributed by atoms with Gasteiger partial charge in [-0.15, -0.1) is 0 Å². The summed E-state index contributed by atoms with van der Waals surface area (Å²) < 4.78 is 25.1. The molecule has 0 aromatic heterocycles. The molecule has 0 bridgehead atoms. The van der Waals surface area contributed by atoms with Crippen molar-refractivity contribution in [1.82, 2.24) is 4.72 Å². The summed E-state index contributed by atoms with van der Waals surface area (Å²) in [6.07, 6.45) is 0.967. The highest BCUT2D eigenvalue weighted by atomic mass is 79.9. The molecular formula is C11H16BrN3O2S. The third kappa shape index (κ3) is 3.94. The summed E-state index contributed by atoms with van der Waals surface area (Å²) in [5.74, 6) is 0.308. The number of halogens is 1. The standard InChI is InChI=1S/C11H16BrN3O2S/c12-10-2-1-3-11(6-10)15-5-4-9(8-15)7-14-18(13,16)17/h1-3,6,9,14H,4-5,7-8H2,(H2,13,16,17)/t9-/m1/s1. The van der Waals surface area contributed by atoms with E-state index >= 15 is 0 Å². The van der Waals surface area contributed by atoms with E-state index in [-0.39, 0.29) is 0 Å². The second-order valence-corrected chi connectivity index (χ2v) is 6.77. The van der Waals surface area contributed by atoms with E-state index in [1.165, 1.54) is 0 Å². The van der Waals surface area contributed by atoms with Crippen molar-refractivity contribution in [3.8, 4) is 0 Å². The Bertz CT molecular complexity index is 521. The summed E-state index contributed by atoms with van der Waals surface area (Å²) in [5.41, 5.74) is 1.16. The first-order chi connectivity index (χ1) is 8.44. The zero-order valence-electron chi connectivity index (χ0n) is 9.84. The number of nitrogens with two attached hydrogens (primary N) is 1. The largest absolute Gasteiger partial charge is 0.371 e. The molecule has 1 fully saturated rings. The van der Waals surface area contributed by atoms with Crippen LogP contribution in [0.5, 0.6) is 0 Å². The molecule has 0 amide bonds. The van der Waals surface area contributed by atoms with E-state index in [1.807, 2.05) is 12.1 Å². The van der Waals surface area contributed by atoms with Gasteiger partial charge in [-0.2, -0.15) is 8.42 Å². The second kappa shape index (κ2) is 5.56. The van der Waals surface area contributed by atoms with Gasteiger partial charge >= 0.3 is 0 Å². The SMILES string of the molecule is NS(=O)(=O)NC[C@H]1CCN(c2cccc(Br)c2)C1. The molecule has 3 N–H and O–H groups in total. The fraction of sp³-hybridized carbons (Fsp3) is 0.455. The first-order valence-electron chi connectivity index (χ1n) is 5.72. The summed E-state index contributed by atoms with van der Waals surface area (Å²) in [5, 5.41) is 4.92. The number of anilines is 1. The third-order valence-corrected chi connectivity index (χ3v) is 4.09. The molecule has 0 aliphatic carbocycles. The van der Waals surface area contributed by atoms with Gasteiger partial charge in [0.25, 0.3) is 10.2 Å². The lowest BCUT2D eigenvalue weighted by Crippen LogP contribution is -2.35. The van der Waals surface area contributed by atoms with Crippen molar-refractivity contribution in [2.45, 2.75) is 6.42 Å². The highest BCUT2D eigenvalue weighted by Gasteiger charge is 2.23. The molecule has 0 spiro atoms. The monoisotopic (exact) mass is 333 g/mol. The van der Waals surface area contributed by atoms with Gasteiger partial charge in [-0.1, -0.05) is 22.0 Å². The van der Waals surface area contributed by atoms with Crippen LogP contribution in [0.25, 0.3) is 0 Å². The highest BCUT2D eigenvalue weighted by Crippen LogP contribution is 2.25. The molecular weight excluding hydrogens is 318 g/mol. The molecule has 1 heterocycles. The van der Waals surface area contributed by atoms with Gasteiger partial charge in [0, 0.05) is 29.8 Å². The summed E-state index contributed by atoms with van der Waals surface area (Å²) in [7, 11) is -3.58. The Morgan fingerprint density at radius 1 is 1.50 bits per heavy atom. The molecule has 100 valence electrons. The number of benzene rings is 1. The van der Waals surface area contributed by atoms with E-state index in [0.29, 0.717) is 12.5 Å². The maximum atomic E-state index is 10.8. The minimum atomic E-state index is -3.58. The lowest BCUT2D eigenvalue weighted by molar-refractivity contribution is 0.542. The molecule has 0 radical (unpaired) electrons. The molecule has 5 nitrogen and oxygen atoms in total. The average molecular weight is 334 g/mol. The van der Waals surface area contributed by atoms with Gasteiger partial charge in [0.2, 0.25) is 0 Å². The number of nitrogens with one attached hydrogen (secondary N) is 1. The predicted octanol–water partition coefficient (Wildman–Crippen LogP) is 1.07. The van der Waals surface area contributed by atoms with E-state index in [1.54, 1.807) is 0 Å². The molecule has 1 atom stereocenters. The van der Waals surface area contributed by atoms with Crippen LogP contribution in [0, 0.1) is 5.92 Å². The molecule has 1 aromatic rings. The van der Waals surface area contributed by atoms with Gasteiger partial charge < -0.3 is 4.90 Å². The Kier molecular flexibility index (Phi) is 4.26. The molecule has 2 rings (SSSR count). The number of hydrogen-bond donors (Lipinski definition) is 2. The Labute approximate surface area is 116 Å². The Balaban J connectivity index is 1.92. The van der Waals surface area contributed by atoms with Crippen molar-refractivity contribution in [2.75, 3.05) is 24.5 Å². The first kappa shape index (κ1) is 13.8. The van der Waals surface area contributed by atoms with Crippen LogP contribution in [-0.2, 0) is 10.2 Å². The lowest BCUT2D eigenvalue weighted by Gasteiger charge is -2.19. The van der Waals surface area contributed by atoms with Crippen LogP contribution in [0.1, 0.15) is 6.42 Å².